The number of rotatable bonds is 5. The number of hydrogen-bond acceptors (Lipinski definition) is 3. The number of likely N-dealkylation sites (N-methyl/N-ethyl adjacent to an activating group) is 1. The number of piperidine rings is 1. The monoisotopic (exact) mass is 275 g/mol. The molecule has 1 fully saturated rings. The summed E-state index contributed by atoms with van der Waals surface area (Å²) in [5.74, 6) is 0.105. The highest BCUT2D eigenvalue weighted by Gasteiger charge is 2.20. The van der Waals surface area contributed by atoms with Crippen LogP contribution < -0.4 is 11.1 Å². The molecule has 0 spiro atoms. The van der Waals surface area contributed by atoms with Crippen LogP contribution in [-0.2, 0) is 17.8 Å². The SMILES string of the molecule is CCN1CCCC(NC(=O)Cc2ccccc2CN)C1. The van der Waals surface area contributed by atoms with E-state index < -0.39 is 0 Å². The summed E-state index contributed by atoms with van der Waals surface area (Å²) >= 11 is 0. The lowest BCUT2D eigenvalue weighted by Gasteiger charge is -2.32. The average molecular weight is 275 g/mol. The van der Waals surface area contributed by atoms with Crippen LogP contribution in [0, 0.1) is 0 Å². The molecular weight excluding hydrogens is 250 g/mol. The largest absolute Gasteiger partial charge is 0.352 e. The molecular formula is C16H25N3O. The predicted molar refractivity (Wildman–Crippen MR) is 81.3 cm³/mol. The van der Waals surface area contributed by atoms with Crippen molar-refractivity contribution in [3.8, 4) is 0 Å². The number of carbonyl (C=O) groups is 1. The van der Waals surface area contributed by atoms with Crippen molar-refractivity contribution in [2.75, 3.05) is 19.6 Å². The summed E-state index contributed by atoms with van der Waals surface area (Å²) in [7, 11) is 0. The van der Waals surface area contributed by atoms with Crippen LogP contribution in [0.3, 0.4) is 0 Å². The maximum Gasteiger partial charge on any atom is 0.224 e. The summed E-state index contributed by atoms with van der Waals surface area (Å²) in [5.41, 5.74) is 7.80. The van der Waals surface area contributed by atoms with Gasteiger partial charge in [0.15, 0.2) is 0 Å². The Balaban J connectivity index is 1.89. The number of hydrogen-bond donors (Lipinski definition) is 2. The molecule has 0 saturated carbocycles. The van der Waals surface area contributed by atoms with Crippen LogP contribution in [0.25, 0.3) is 0 Å². The Hall–Kier alpha value is -1.39. The van der Waals surface area contributed by atoms with Crippen LogP contribution >= 0.6 is 0 Å². The number of benzene rings is 1. The Morgan fingerprint density at radius 2 is 2.15 bits per heavy atom. The van der Waals surface area contributed by atoms with E-state index in [2.05, 4.69) is 17.1 Å². The normalized spacial score (nSPS) is 19.8. The van der Waals surface area contributed by atoms with E-state index in [4.69, 9.17) is 5.73 Å². The Morgan fingerprint density at radius 3 is 2.85 bits per heavy atom. The molecule has 1 atom stereocenters. The number of likely N-dealkylation sites (tertiary alicyclic amines) is 1. The maximum absolute atomic E-state index is 12.2. The fourth-order valence-electron chi connectivity index (χ4n) is 2.84. The van der Waals surface area contributed by atoms with Gasteiger partial charge in [-0.25, -0.2) is 0 Å². The summed E-state index contributed by atoms with van der Waals surface area (Å²) < 4.78 is 0. The van der Waals surface area contributed by atoms with Crippen LogP contribution in [0.2, 0.25) is 0 Å². The molecule has 20 heavy (non-hydrogen) atoms. The fourth-order valence-corrected chi connectivity index (χ4v) is 2.84. The minimum absolute atomic E-state index is 0.105. The summed E-state index contributed by atoms with van der Waals surface area (Å²) in [6.45, 7) is 5.83. The van der Waals surface area contributed by atoms with E-state index in [0.717, 1.165) is 43.6 Å². The Labute approximate surface area is 121 Å². The first kappa shape index (κ1) is 15.0. The Bertz CT molecular complexity index is 447. The van der Waals surface area contributed by atoms with E-state index in [1.807, 2.05) is 24.3 Å². The van der Waals surface area contributed by atoms with Gasteiger partial charge in [0.25, 0.3) is 0 Å². The molecule has 1 heterocycles. The Morgan fingerprint density at radius 1 is 1.40 bits per heavy atom. The number of nitrogens with two attached hydrogens (primary N) is 1. The second kappa shape index (κ2) is 7.41. The number of carbonyl (C=O) groups excluding carboxylic acids is 1. The predicted octanol–water partition coefficient (Wildman–Crippen LogP) is 1.29. The fraction of sp³-hybridized carbons (Fsp3) is 0.562. The molecule has 1 amide bonds. The zero-order chi connectivity index (χ0) is 14.4. The molecule has 4 nitrogen and oxygen atoms in total. The van der Waals surface area contributed by atoms with Crippen molar-refractivity contribution in [1.82, 2.24) is 10.2 Å². The molecule has 1 aromatic carbocycles. The summed E-state index contributed by atoms with van der Waals surface area (Å²) in [6.07, 6.45) is 2.68. The van der Waals surface area contributed by atoms with Crippen molar-refractivity contribution >= 4 is 5.91 Å². The number of nitrogens with one attached hydrogen (secondary N) is 1. The molecule has 110 valence electrons. The van der Waals surface area contributed by atoms with Crippen LogP contribution in [0.1, 0.15) is 30.9 Å². The summed E-state index contributed by atoms with van der Waals surface area (Å²) in [4.78, 5) is 14.6. The van der Waals surface area contributed by atoms with E-state index in [-0.39, 0.29) is 5.91 Å². The highest BCUT2D eigenvalue weighted by Crippen LogP contribution is 2.11. The molecule has 1 aliphatic rings. The molecule has 1 aliphatic heterocycles. The van der Waals surface area contributed by atoms with Gasteiger partial charge in [-0.2, -0.15) is 0 Å². The van der Waals surface area contributed by atoms with Crippen molar-refractivity contribution in [2.24, 2.45) is 5.73 Å². The van der Waals surface area contributed by atoms with Crippen molar-refractivity contribution in [3.05, 3.63) is 35.4 Å². The van der Waals surface area contributed by atoms with Gasteiger partial charge in [-0.3, -0.25) is 4.79 Å². The van der Waals surface area contributed by atoms with Gasteiger partial charge in [-0.1, -0.05) is 31.2 Å². The minimum Gasteiger partial charge on any atom is -0.352 e. The van der Waals surface area contributed by atoms with Gasteiger partial charge < -0.3 is 16.0 Å². The second-order valence-corrected chi connectivity index (χ2v) is 5.45. The minimum atomic E-state index is 0.105. The molecule has 0 bridgehead atoms. The zero-order valence-corrected chi connectivity index (χ0v) is 12.3. The molecule has 1 unspecified atom stereocenters. The van der Waals surface area contributed by atoms with Crippen molar-refractivity contribution < 1.29 is 4.79 Å². The number of nitrogens with zero attached hydrogens (tertiary/aromatic N) is 1. The third kappa shape index (κ3) is 4.05. The molecule has 4 heteroatoms. The third-order valence-corrected chi connectivity index (χ3v) is 4.01. The zero-order valence-electron chi connectivity index (χ0n) is 12.3. The van der Waals surface area contributed by atoms with E-state index in [1.165, 1.54) is 0 Å². The van der Waals surface area contributed by atoms with Crippen LogP contribution in [-0.4, -0.2) is 36.5 Å². The lowest BCUT2D eigenvalue weighted by molar-refractivity contribution is -0.121. The van der Waals surface area contributed by atoms with E-state index >= 15 is 0 Å². The van der Waals surface area contributed by atoms with E-state index in [0.29, 0.717) is 19.0 Å². The molecule has 0 aromatic heterocycles. The van der Waals surface area contributed by atoms with Gasteiger partial charge >= 0.3 is 0 Å². The molecule has 0 aliphatic carbocycles. The smallest absolute Gasteiger partial charge is 0.224 e. The lowest BCUT2D eigenvalue weighted by Crippen LogP contribution is -2.47. The second-order valence-electron chi connectivity index (χ2n) is 5.45. The highest BCUT2D eigenvalue weighted by molar-refractivity contribution is 5.79. The van der Waals surface area contributed by atoms with E-state index in [1.54, 1.807) is 0 Å². The van der Waals surface area contributed by atoms with E-state index in [9.17, 15) is 4.79 Å². The first-order valence-electron chi connectivity index (χ1n) is 7.51. The van der Waals surface area contributed by atoms with Crippen molar-refractivity contribution in [2.45, 2.75) is 38.8 Å². The van der Waals surface area contributed by atoms with Gasteiger partial charge in [0.2, 0.25) is 5.91 Å². The standard InChI is InChI=1S/C16H25N3O/c1-2-19-9-5-8-15(12-19)18-16(20)10-13-6-3-4-7-14(13)11-17/h3-4,6-7,15H,2,5,8-12,17H2,1H3,(H,18,20). The molecule has 0 radical (unpaired) electrons. The highest BCUT2D eigenvalue weighted by atomic mass is 16.1. The van der Waals surface area contributed by atoms with Gasteiger partial charge in [-0.15, -0.1) is 0 Å². The van der Waals surface area contributed by atoms with Gasteiger partial charge in [0.1, 0.15) is 0 Å². The van der Waals surface area contributed by atoms with Gasteiger partial charge in [0, 0.05) is 19.1 Å². The van der Waals surface area contributed by atoms with Gasteiger partial charge in [0.05, 0.1) is 6.42 Å². The molecule has 3 N–H and O–H groups in total. The maximum atomic E-state index is 12.2. The average Bonchev–Trinajstić information content (AvgIpc) is 2.48. The van der Waals surface area contributed by atoms with Gasteiger partial charge in [-0.05, 0) is 37.1 Å². The lowest BCUT2D eigenvalue weighted by atomic mass is 10.0. The molecule has 2 rings (SSSR count). The first-order valence-corrected chi connectivity index (χ1v) is 7.51. The number of amides is 1. The first-order chi connectivity index (χ1) is 9.72. The summed E-state index contributed by atoms with van der Waals surface area (Å²) in [6, 6.07) is 8.19. The van der Waals surface area contributed by atoms with Crippen LogP contribution in [0.4, 0.5) is 0 Å². The Kier molecular flexibility index (Phi) is 5.56. The molecule has 1 saturated heterocycles. The van der Waals surface area contributed by atoms with Crippen molar-refractivity contribution in [1.29, 1.82) is 0 Å². The summed E-state index contributed by atoms with van der Waals surface area (Å²) in [5, 5.41) is 3.16. The topological polar surface area (TPSA) is 58.4 Å². The van der Waals surface area contributed by atoms with Crippen LogP contribution in [0.5, 0.6) is 0 Å². The molecule has 1 aromatic rings. The van der Waals surface area contributed by atoms with Crippen LogP contribution in [0.15, 0.2) is 24.3 Å². The van der Waals surface area contributed by atoms with Crippen molar-refractivity contribution in [3.63, 3.8) is 0 Å². The quantitative estimate of drug-likeness (QED) is 0.851. The third-order valence-electron chi connectivity index (χ3n) is 4.01.